The van der Waals surface area contributed by atoms with Crippen molar-refractivity contribution < 1.29 is 39.1 Å². The summed E-state index contributed by atoms with van der Waals surface area (Å²) < 4.78 is 22.0. The van der Waals surface area contributed by atoms with Crippen molar-refractivity contribution in [3.8, 4) is 5.75 Å². The molecular weight excluding hydrogens is 339 g/mol. The molecule has 1 aromatic carbocycles. The van der Waals surface area contributed by atoms with Crippen LogP contribution in [0.1, 0.15) is 17.5 Å². The van der Waals surface area contributed by atoms with Gasteiger partial charge < -0.3 is 34.6 Å². The molecule has 24 heavy (non-hydrogen) atoms. The van der Waals surface area contributed by atoms with E-state index in [1.165, 1.54) is 0 Å². The molecule has 5 N–H and O–H groups in total. The van der Waals surface area contributed by atoms with Crippen LogP contribution in [0.4, 0.5) is 0 Å². The number of hydrogen-bond donors (Lipinski definition) is 5. The Morgan fingerprint density at radius 3 is 2.38 bits per heavy atom. The van der Waals surface area contributed by atoms with Crippen LogP contribution >= 0.6 is 7.60 Å². The third kappa shape index (κ3) is 4.77. The second kappa shape index (κ2) is 7.49. The molecule has 0 radical (unpaired) electrons. The van der Waals surface area contributed by atoms with Gasteiger partial charge in [0.2, 0.25) is 6.29 Å². The Hall–Kier alpha value is -0.990. The largest absolute Gasteiger partial charge is 0.462 e. The molecule has 1 fully saturated rings. The molecule has 0 amide bonds. The van der Waals surface area contributed by atoms with E-state index in [1.54, 1.807) is 6.07 Å². The molecular formula is C15H23O8P. The predicted octanol–water partition coefficient (Wildman–Crippen LogP) is 0.0576. The highest BCUT2D eigenvalue weighted by Gasteiger charge is 2.45. The van der Waals surface area contributed by atoms with Gasteiger partial charge in [-0.3, -0.25) is 4.57 Å². The molecule has 0 spiro atoms. The quantitative estimate of drug-likeness (QED) is 0.464. The standard InChI is InChI=1S/C15H23O8P/c1-8-3-4-10(9(2)7-8)22-15-14(18)13(17)12(16)11(23-15)5-6-24(19,20)21/h3-4,7,11-18H,5-6H2,1-2H3,(H2,19,20,21). The van der Waals surface area contributed by atoms with Gasteiger partial charge in [-0.15, -0.1) is 0 Å². The summed E-state index contributed by atoms with van der Waals surface area (Å²) >= 11 is 0. The lowest BCUT2D eigenvalue weighted by Gasteiger charge is -2.40. The van der Waals surface area contributed by atoms with Gasteiger partial charge in [0.15, 0.2) is 0 Å². The molecule has 0 saturated carbocycles. The van der Waals surface area contributed by atoms with Crippen molar-refractivity contribution in [2.45, 2.75) is 51.0 Å². The average molecular weight is 362 g/mol. The molecule has 0 bridgehead atoms. The van der Waals surface area contributed by atoms with Gasteiger partial charge in [-0.1, -0.05) is 17.7 Å². The first-order valence-electron chi connectivity index (χ1n) is 7.56. The molecule has 136 valence electrons. The number of rotatable bonds is 5. The molecule has 1 saturated heterocycles. The molecule has 1 heterocycles. The van der Waals surface area contributed by atoms with E-state index in [1.807, 2.05) is 26.0 Å². The van der Waals surface area contributed by atoms with E-state index in [0.717, 1.165) is 11.1 Å². The molecule has 1 aliphatic rings. The maximum Gasteiger partial charge on any atom is 0.325 e. The fourth-order valence-electron chi connectivity index (χ4n) is 2.60. The van der Waals surface area contributed by atoms with Gasteiger partial charge in [0.1, 0.15) is 24.1 Å². The van der Waals surface area contributed by atoms with Crippen molar-refractivity contribution in [3.05, 3.63) is 29.3 Å². The van der Waals surface area contributed by atoms with Crippen molar-refractivity contribution in [1.82, 2.24) is 0 Å². The summed E-state index contributed by atoms with van der Waals surface area (Å²) in [7, 11) is -4.27. The molecule has 5 atom stereocenters. The van der Waals surface area contributed by atoms with Crippen molar-refractivity contribution in [2.24, 2.45) is 0 Å². The molecule has 0 aromatic heterocycles. The molecule has 1 aliphatic heterocycles. The third-order valence-corrected chi connectivity index (χ3v) is 4.79. The van der Waals surface area contributed by atoms with Gasteiger partial charge in [-0.2, -0.15) is 0 Å². The van der Waals surface area contributed by atoms with Crippen LogP contribution in [0, 0.1) is 13.8 Å². The van der Waals surface area contributed by atoms with Gasteiger partial charge in [-0.25, -0.2) is 0 Å². The molecule has 8 nitrogen and oxygen atoms in total. The Kier molecular flexibility index (Phi) is 6.04. The summed E-state index contributed by atoms with van der Waals surface area (Å²) in [6.45, 7) is 3.73. The number of aliphatic hydroxyl groups excluding tert-OH is 3. The van der Waals surface area contributed by atoms with E-state index in [-0.39, 0.29) is 6.42 Å². The lowest BCUT2D eigenvalue weighted by atomic mass is 9.97. The summed E-state index contributed by atoms with van der Waals surface area (Å²) in [4.78, 5) is 17.9. The van der Waals surface area contributed by atoms with Gasteiger partial charge in [0.25, 0.3) is 0 Å². The van der Waals surface area contributed by atoms with Crippen LogP contribution < -0.4 is 4.74 Å². The van der Waals surface area contributed by atoms with E-state index >= 15 is 0 Å². The summed E-state index contributed by atoms with van der Waals surface area (Å²) in [6.07, 6.45) is -7.51. The number of hydrogen-bond acceptors (Lipinski definition) is 6. The highest BCUT2D eigenvalue weighted by molar-refractivity contribution is 7.51. The fourth-order valence-corrected chi connectivity index (χ4v) is 3.20. The van der Waals surface area contributed by atoms with Crippen molar-refractivity contribution >= 4 is 7.60 Å². The first kappa shape index (κ1) is 19.3. The van der Waals surface area contributed by atoms with Crippen LogP contribution in [0.15, 0.2) is 18.2 Å². The lowest BCUT2D eigenvalue weighted by Crippen LogP contribution is -2.59. The van der Waals surface area contributed by atoms with Crippen LogP contribution in [-0.4, -0.2) is 62.0 Å². The average Bonchev–Trinajstić information content (AvgIpc) is 2.48. The maximum absolute atomic E-state index is 11.0. The molecule has 9 heteroatoms. The SMILES string of the molecule is Cc1ccc(OC2OC(CCP(=O)(O)O)C(O)C(O)C2O)c(C)c1. The van der Waals surface area contributed by atoms with E-state index < -0.39 is 44.5 Å². The zero-order valence-corrected chi connectivity index (χ0v) is 14.3. The second-order valence-electron chi connectivity index (χ2n) is 6.08. The van der Waals surface area contributed by atoms with Gasteiger partial charge in [-0.05, 0) is 31.9 Å². The van der Waals surface area contributed by atoms with E-state index in [4.69, 9.17) is 19.3 Å². The van der Waals surface area contributed by atoms with E-state index in [9.17, 15) is 19.9 Å². The van der Waals surface area contributed by atoms with Crippen LogP contribution in [0.5, 0.6) is 5.75 Å². The Balaban J connectivity index is 2.11. The van der Waals surface area contributed by atoms with Gasteiger partial charge in [0.05, 0.1) is 12.3 Å². The Labute approximate surface area is 139 Å². The zero-order valence-electron chi connectivity index (χ0n) is 13.4. The minimum atomic E-state index is -4.27. The molecule has 5 unspecified atom stereocenters. The highest BCUT2D eigenvalue weighted by Crippen LogP contribution is 2.37. The second-order valence-corrected chi connectivity index (χ2v) is 7.86. The maximum atomic E-state index is 11.0. The Bertz CT molecular complexity index is 615. The molecule has 1 aromatic rings. The van der Waals surface area contributed by atoms with E-state index in [0.29, 0.717) is 5.75 Å². The Morgan fingerprint density at radius 2 is 1.79 bits per heavy atom. The van der Waals surface area contributed by atoms with Crippen LogP contribution in [0.2, 0.25) is 0 Å². The Morgan fingerprint density at radius 1 is 1.12 bits per heavy atom. The molecule has 0 aliphatic carbocycles. The van der Waals surface area contributed by atoms with Crippen LogP contribution in [0.3, 0.4) is 0 Å². The van der Waals surface area contributed by atoms with Crippen molar-refractivity contribution in [2.75, 3.05) is 6.16 Å². The van der Waals surface area contributed by atoms with Gasteiger partial charge in [0, 0.05) is 0 Å². The smallest absolute Gasteiger partial charge is 0.325 e. The summed E-state index contributed by atoms with van der Waals surface area (Å²) in [5.41, 5.74) is 1.83. The summed E-state index contributed by atoms with van der Waals surface area (Å²) in [5, 5.41) is 29.9. The summed E-state index contributed by atoms with van der Waals surface area (Å²) in [5.74, 6) is 0.446. The third-order valence-electron chi connectivity index (χ3n) is 3.95. The van der Waals surface area contributed by atoms with E-state index in [2.05, 4.69) is 0 Å². The monoisotopic (exact) mass is 362 g/mol. The zero-order chi connectivity index (χ0) is 18.1. The van der Waals surface area contributed by atoms with Crippen LogP contribution in [0.25, 0.3) is 0 Å². The number of ether oxygens (including phenoxy) is 2. The van der Waals surface area contributed by atoms with Gasteiger partial charge >= 0.3 is 7.60 Å². The predicted molar refractivity (Wildman–Crippen MR) is 84.8 cm³/mol. The van der Waals surface area contributed by atoms with Crippen molar-refractivity contribution in [1.29, 1.82) is 0 Å². The number of benzene rings is 1. The topological polar surface area (TPSA) is 137 Å². The minimum absolute atomic E-state index is 0.179. The van der Waals surface area contributed by atoms with Crippen molar-refractivity contribution in [3.63, 3.8) is 0 Å². The van der Waals surface area contributed by atoms with Crippen LogP contribution in [-0.2, 0) is 9.30 Å². The first-order valence-corrected chi connectivity index (χ1v) is 9.36. The summed E-state index contributed by atoms with van der Waals surface area (Å²) in [6, 6.07) is 5.39. The first-order chi connectivity index (χ1) is 11.1. The highest BCUT2D eigenvalue weighted by atomic mass is 31.2. The molecule has 2 rings (SSSR count). The fraction of sp³-hybridized carbons (Fsp3) is 0.600. The minimum Gasteiger partial charge on any atom is -0.462 e. The lowest BCUT2D eigenvalue weighted by molar-refractivity contribution is -0.272. The number of aliphatic hydroxyl groups is 3. The number of aryl methyl sites for hydroxylation is 2. The normalized spacial score (nSPS) is 31.0.